The van der Waals surface area contributed by atoms with E-state index in [0.29, 0.717) is 47.4 Å². The third-order valence-corrected chi connectivity index (χ3v) is 13.0. The van der Waals surface area contributed by atoms with Crippen LogP contribution in [0.15, 0.2) is 48.7 Å². The number of rotatable bonds is 13. The zero-order chi connectivity index (χ0) is 41.8. The number of aliphatic hydroxyl groups excluding tert-OH is 1. The Morgan fingerprint density at radius 1 is 0.950 bits per heavy atom. The minimum atomic E-state index is -0.332. The summed E-state index contributed by atoms with van der Waals surface area (Å²) >= 11 is 0. The van der Waals surface area contributed by atoms with Crippen LogP contribution in [-0.2, 0) is 14.4 Å². The molecule has 8 rings (SSSR count). The molecular formula is C44H58N10O6. The van der Waals surface area contributed by atoms with Crippen LogP contribution in [0.3, 0.4) is 0 Å². The molecule has 2 atom stereocenters. The third-order valence-electron chi connectivity index (χ3n) is 13.0. The van der Waals surface area contributed by atoms with Gasteiger partial charge >= 0.3 is 0 Å². The first-order valence-electron chi connectivity index (χ1n) is 21.7. The van der Waals surface area contributed by atoms with Gasteiger partial charge in [0.1, 0.15) is 24.1 Å². The topological polar surface area (TPSA) is 176 Å². The first-order chi connectivity index (χ1) is 29.1. The molecule has 4 fully saturated rings. The molecule has 0 bridgehead atoms. The molecule has 4 N–H and O–H groups in total. The molecule has 4 amide bonds. The van der Waals surface area contributed by atoms with Gasteiger partial charge in [-0.3, -0.25) is 34.8 Å². The van der Waals surface area contributed by atoms with Crippen molar-refractivity contribution in [2.75, 3.05) is 86.1 Å². The maximum Gasteiger partial charge on any atom is 0.265 e. The minimum Gasteiger partial charge on any atom is -0.489 e. The van der Waals surface area contributed by atoms with E-state index in [0.717, 1.165) is 108 Å². The number of nitrogens with one attached hydrogen (secondary N) is 3. The number of carbonyl (C=O) groups is 4. The van der Waals surface area contributed by atoms with Crippen molar-refractivity contribution in [3.63, 3.8) is 0 Å². The zero-order valence-electron chi connectivity index (χ0n) is 34.8. The highest BCUT2D eigenvalue weighted by atomic mass is 16.5. The molecule has 5 heterocycles. The normalized spacial score (nSPS) is 22.2. The molecule has 3 saturated heterocycles. The van der Waals surface area contributed by atoms with Gasteiger partial charge in [-0.2, -0.15) is 4.98 Å². The number of imide groups is 1. The lowest BCUT2D eigenvalue weighted by molar-refractivity contribution is -0.134. The standard InChI is InChI=1S/C44H58N10O6/c1-29-43(59)50(2)37-28-45-44(48-40(37)54(29)34-5-3-4-6-34)46-36-13-9-32(27-38(36)60-26-25-55)41(57)49-53-19-16-30(17-20-53)15-18-51-21-23-52(24-22-51)33-10-7-31(8-11-33)35-12-14-39(56)47-42(35)58/h7-11,13,27-30,34-35,55H,3-6,12,14-26H2,1-2H3,(H,49,57)(H,45,46,48)(H,47,56,58)/t29-,35?/m1/s1. The van der Waals surface area contributed by atoms with Crippen LogP contribution in [0.1, 0.15) is 86.6 Å². The number of hydrogen-bond acceptors (Lipinski definition) is 13. The monoisotopic (exact) mass is 822 g/mol. The molecule has 1 aliphatic carbocycles. The van der Waals surface area contributed by atoms with Crippen molar-refractivity contribution in [1.29, 1.82) is 0 Å². The highest BCUT2D eigenvalue weighted by Gasteiger charge is 2.40. The molecule has 1 aromatic heterocycles. The number of amides is 4. The van der Waals surface area contributed by atoms with Gasteiger partial charge < -0.3 is 29.9 Å². The van der Waals surface area contributed by atoms with Crippen LogP contribution in [0, 0.1) is 5.92 Å². The molecule has 16 heteroatoms. The van der Waals surface area contributed by atoms with Gasteiger partial charge in [0.2, 0.25) is 23.7 Å². The van der Waals surface area contributed by atoms with Crippen LogP contribution >= 0.6 is 0 Å². The molecule has 3 aromatic rings. The smallest absolute Gasteiger partial charge is 0.265 e. The molecule has 2 aromatic carbocycles. The van der Waals surface area contributed by atoms with E-state index in [4.69, 9.17) is 9.72 Å². The predicted molar refractivity (Wildman–Crippen MR) is 229 cm³/mol. The number of likely N-dealkylation sites (N-methyl/N-ethyl adjacent to an activating group) is 1. The van der Waals surface area contributed by atoms with Crippen LogP contribution in [-0.4, -0.2) is 127 Å². The minimum absolute atomic E-state index is 0.0223. The van der Waals surface area contributed by atoms with Gasteiger partial charge in [-0.05, 0) is 93.8 Å². The fourth-order valence-corrected chi connectivity index (χ4v) is 9.45. The summed E-state index contributed by atoms with van der Waals surface area (Å²) in [5, 5.41) is 17.3. The van der Waals surface area contributed by atoms with Gasteiger partial charge in [0, 0.05) is 70.0 Å². The fourth-order valence-electron chi connectivity index (χ4n) is 9.45. The van der Waals surface area contributed by atoms with Crippen LogP contribution in [0.5, 0.6) is 5.75 Å². The molecule has 60 heavy (non-hydrogen) atoms. The number of nitrogens with zero attached hydrogens (tertiary/aromatic N) is 7. The van der Waals surface area contributed by atoms with Gasteiger partial charge in [-0.15, -0.1) is 0 Å². The summed E-state index contributed by atoms with van der Waals surface area (Å²) in [5.74, 6) is 1.20. The Balaban J connectivity index is 0.806. The molecule has 4 aliphatic heterocycles. The quantitative estimate of drug-likeness (QED) is 0.184. The van der Waals surface area contributed by atoms with Crippen molar-refractivity contribution in [3.8, 4) is 5.75 Å². The maximum atomic E-state index is 13.5. The van der Waals surface area contributed by atoms with Crippen molar-refractivity contribution >= 4 is 52.5 Å². The van der Waals surface area contributed by atoms with Crippen molar-refractivity contribution < 1.29 is 29.0 Å². The Kier molecular flexibility index (Phi) is 12.8. The molecule has 0 radical (unpaired) electrons. The van der Waals surface area contributed by atoms with E-state index in [1.807, 2.05) is 24.1 Å². The summed E-state index contributed by atoms with van der Waals surface area (Å²) in [6.45, 7) is 8.32. The molecule has 320 valence electrons. The summed E-state index contributed by atoms with van der Waals surface area (Å²) in [7, 11) is 1.76. The highest BCUT2D eigenvalue weighted by Crippen LogP contribution is 2.40. The number of hydrogen-bond donors (Lipinski definition) is 4. The van der Waals surface area contributed by atoms with E-state index in [9.17, 15) is 24.3 Å². The van der Waals surface area contributed by atoms with E-state index in [2.05, 4.69) is 47.9 Å². The Labute approximate surface area is 351 Å². The van der Waals surface area contributed by atoms with E-state index >= 15 is 0 Å². The van der Waals surface area contributed by atoms with E-state index in [1.165, 1.54) is 0 Å². The summed E-state index contributed by atoms with van der Waals surface area (Å²) in [5.41, 5.74) is 6.89. The highest BCUT2D eigenvalue weighted by molar-refractivity contribution is 6.04. The lowest BCUT2D eigenvalue weighted by atomic mass is 9.90. The number of piperidine rings is 2. The van der Waals surface area contributed by atoms with Gasteiger partial charge in [-0.25, -0.2) is 9.99 Å². The summed E-state index contributed by atoms with van der Waals surface area (Å²) < 4.78 is 5.90. The second-order valence-electron chi connectivity index (χ2n) is 16.8. The van der Waals surface area contributed by atoms with Crippen LogP contribution in [0.2, 0.25) is 0 Å². The largest absolute Gasteiger partial charge is 0.489 e. The Morgan fingerprint density at radius 3 is 2.42 bits per heavy atom. The maximum absolute atomic E-state index is 13.5. The van der Waals surface area contributed by atoms with Crippen molar-refractivity contribution in [3.05, 3.63) is 59.8 Å². The molecular weight excluding hydrogens is 765 g/mol. The lowest BCUT2D eigenvalue weighted by Gasteiger charge is -2.42. The first kappa shape index (κ1) is 41.4. The number of fused-ring (bicyclic) bond motifs is 1. The number of ether oxygens (including phenoxy) is 1. The average molecular weight is 823 g/mol. The van der Waals surface area contributed by atoms with Gasteiger partial charge in [0.25, 0.3) is 5.91 Å². The Hall–Kier alpha value is -5.32. The van der Waals surface area contributed by atoms with Crippen molar-refractivity contribution in [2.24, 2.45) is 5.92 Å². The molecule has 1 saturated carbocycles. The third kappa shape index (κ3) is 9.20. The molecule has 5 aliphatic rings. The summed E-state index contributed by atoms with van der Waals surface area (Å²) in [6, 6.07) is 13.3. The second-order valence-corrected chi connectivity index (χ2v) is 16.8. The van der Waals surface area contributed by atoms with E-state index < -0.39 is 0 Å². The first-order valence-corrected chi connectivity index (χ1v) is 21.7. The van der Waals surface area contributed by atoms with E-state index in [1.54, 1.807) is 36.3 Å². The molecule has 1 unspecified atom stereocenters. The average Bonchev–Trinajstić information content (AvgIpc) is 3.80. The predicted octanol–water partition coefficient (Wildman–Crippen LogP) is 3.79. The number of benzene rings is 2. The van der Waals surface area contributed by atoms with Crippen LogP contribution < -0.4 is 35.5 Å². The van der Waals surface area contributed by atoms with E-state index in [-0.39, 0.29) is 54.8 Å². The number of aromatic nitrogens is 2. The van der Waals surface area contributed by atoms with Crippen LogP contribution in [0.4, 0.5) is 28.8 Å². The summed E-state index contributed by atoms with van der Waals surface area (Å²) in [6.07, 6.45) is 10.1. The van der Waals surface area contributed by atoms with Crippen LogP contribution in [0.25, 0.3) is 0 Å². The zero-order valence-corrected chi connectivity index (χ0v) is 34.8. The van der Waals surface area contributed by atoms with Crippen molar-refractivity contribution in [1.82, 2.24) is 30.6 Å². The number of carbonyl (C=O) groups excluding carboxylic acids is 4. The SMILES string of the molecule is C[C@@H]1C(=O)N(C)c2cnc(Nc3ccc(C(=O)NN4CCC(CCN5CCN(c6ccc(C7CCC(=O)NC7=O)cc6)CC5)CC4)cc3OCCO)nc2N1C1CCCC1. The number of piperazine rings is 1. The fraction of sp³-hybridized carbons (Fsp3) is 0.545. The van der Waals surface area contributed by atoms with Gasteiger partial charge in [0.05, 0.1) is 24.4 Å². The van der Waals surface area contributed by atoms with Crippen molar-refractivity contribution in [2.45, 2.75) is 82.7 Å². The second kappa shape index (κ2) is 18.5. The lowest BCUT2D eigenvalue weighted by Crippen LogP contribution is -2.54. The van der Waals surface area contributed by atoms with Gasteiger partial charge in [-0.1, -0.05) is 25.0 Å². The molecule has 16 nitrogen and oxygen atoms in total. The number of anilines is 5. The number of aliphatic hydroxyl groups is 1. The molecule has 0 spiro atoms. The number of hydrazine groups is 1. The summed E-state index contributed by atoms with van der Waals surface area (Å²) in [4.78, 5) is 68.6. The Bertz CT molecular complexity index is 2030. The van der Waals surface area contributed by atoms with Gasteiger partial charge in [0.15, 0.2) is 5.82 Å². The Morgan fingerprint density at radius 2 is 1.70 bits per heavy atom.